The van der Waals surface area contributed by atoms with Crippen molar-refractivity contribution in [2.24, 2.45) is 5.92 Å². The second-order valence-corrected chi connectivity index (χ2v) is 9.14. The fraction of sp³-hybridized carbons (Fsp3) is 0.750. The third-order valence-corrected chi connectivity index (χ3v) is 6.99. The van der Waals surface area contributed by atoms with Crippen molar-refractivity contribution in [2.45, 2.75) is 102 Å². The quantitative estimate of drug-likeness (QED) is 0.624. The Morgan fingerprint density at radius 3 is 2.21 bits per heavy atom. The van der Waals surface area contributed by atoms with Crippen LogP contribution in [0.1, 0.15) is 108 Å². The summed E-state index contributed by atoms with van der Waals surface area (Å²) < 4.78 is 2.18. The molecule has 2 aliphatic carbocycles. The number of imidazole rings is 1. The van der Waals surface area contributed by atoms with Crippen molar-refractivity contribution in [2.75, 3.05) is 11.9 Å². The summed E-state index contributed by atoms with van der Waals surface area (Å²) in [6.45, 7) is 1.02. The second-order valence-electron chi connectivity index (χ2n) is 9.14. The molecule has 2 aromatic rings. The molecule has 4 heteroatoms. The highest BCUT2D eigenvalue weighted by Crippen LogP contribution is 2.31. The average Bonchev–Trinajstić information content (AvgIpc) is 3.12. The molecule has 0 amide bonds. The highest BCUT2D eigenvalue weighted by Gasteiger charge is 2.18. The van der Waals surface area contributed by atoms with Crippen LogP contribution in [-0.4, -0.2) is 20.9 Å². The summed E-state index contributed by atoms with van der Waals surface area (Å²) in [5.74, 6) is 2.49. The van der Waals surface area contributed by atoms with Crippen molar-refractivity contribution < 1.29 is 0 Å². The first kappa shape index (κ1) is 19.7. The third-order valence-electron chi connectivity index (χ3n) is 6.99. The zero-order valence-corrected chi connectivity index (χ0v) is 17.5. The first-order chi connectivity index (χ1) is 13.9. The molecule has 2 saturated carbocycles. The van der Waals surface area contributed by atoms with Crippen LogP contribution < -0.4 is 5.32 Å². The van der Waals surface area contributed by atoms with Crippen LogP contribution in [0.2, 0.25) is 0 Å². The van der Waals surface area contributed by atoms with Gasteiger partial charge in [0, 0.05) is 31.1 Å². The van der Waals surface area contributed by atoms with Gasteiger partial charge >= 0.3 is 0 Å². The Labute approximate surface area is 170 Å². The molecule has 0 unspecified atom stereocenters. The predicted octanol–water partition coefficient (Wildman–Crippen LogP) is 6.72. The van der Waals surface area contributed by atoms with Crippen LogP contribution in [0.4, 0.5) is 5.82 Å². The molecule has 0 saturated heterocycles. The van der Waals surface area contributed by atoms with Crippen molar-refractivity contribution >= 4 is 11.5 Å². The van der Waals surface area contributed by atoms with Crippen molar-refractivity contribution in [3.63, 3.8) is 0 Å². The van der Waals surface area contributed by atoms with Gasteiger partial charge in [-0.15, -0.1) is 0 Å². The summed E-state index contributed by atoms with van der Waals surface area (Å²) in [6.07, 6.45) is 26.9. The number of hydrogen-bond acceptors (Lipinski definition) is 3. The van der Waals surface area contributed by atoms with Gasteiger partial charge in [-0.3, -0.25) is 0 Å². The maximum Gasteiger partial charge on any atom is 0.180 e. The summed E-state index contributed by atoms with van der Waals surface area (Å²) in [7, 11) is 0. The van der Waals surface area contributed by atoms with Crippen LogP contribution in [0.15, 0.2) is 18.6 Å². The number of hydrogen-bond donors (Lipinski definition) is 1. The highest BCUT2D eigenvalue weighted by atomic mass is 15.1. The average molecular weight is 383 g/mol. The molecule has 154 valence electrons. The van der Waals surface area contributed by atoms with Gasteiger partial charge in [0.2, 0.25) is 0 Å². The molecule has 2 heterocycles. The second kappa shape index (κ2) is 10.3. The van der Waals surface area contributed by atoms with E-state index in [-0.39, 0.29) is 0 Å². The predicted molar refractivity (Wildman–Crippen MR) is 117 cm³/mol. The highest BCUT2D eigenvalue weighted by molar-refractivity contribution is 5.62. The first-order valence-corrected chi connectivity index (χ1v) is 12.0. The zero-order chi connectivity index (χ0) is 19.0. The number of nitrogens with one attached hydrogen (secondary N) is 1. The fourth-order valence-corrected chi connectivity index (χ4v) is 5.24. The van der Waals surface area contributed by atoms with E-state index in [0.717, 1.165) is 23.9 Å². The van der Waals surface area contributed by atoms with Gasteiger partial charge in [-0.25, -0.2) is 9.97 Å². The molecule has 4 rings (SSSR count). The normalized spacial score (nSPS) is 21.0. The Kier molecular flexibility index (Phi) is 7.23. The number of fused-ring (bicyclic) bond motifs is 1. The van der Waals surface area contributed by atoms with Crippen LogP contribution in [0.3, 0.4) is 0 Å². The summed E-state index contributed by atoms with van der Waals surface area (Å²) >= 11 is 0. The van der Waals surface area contributed by atoms with E-state index in [9.17, 15) is 0 Å². The van der Waals surface area contributed by atoms with Crippen LogP contribution in [0.25, 0.3) is 5.65 Å². The molecule has 0 aromatic carbocycles. The SMILES string of the molecule is c1cn2cc(C3CCCCCCC3)nc(NCCC3CCCCCCC3)c2n1. The lowest BCUT2D eigenvalue weighted by atomic mass is 9.89. The van der Waals surface area contributed by atoms with Crippen LogP contribution in [0.5, 0.6) is 0 Å². The summed E-state index contributed by atoms with van der Waals surface area (Å²) in [5.41, 5.74) is 2.24. The molecule has 2 fully saturated rings. The van der Waals surface area contributed by atoms with Gasteiger partial charge in [0.25, 0.3) is 0 Å². The third kappa shape index (κ3) is 5.27. The number of anilines is 1. The smallest absolute Gasteiger partial charge is 0.180 e. The summed E-state index contributed by atoms with van der Waals surface area (Å²) in [4.78, 5) is 9.66. The standard InChI is InChI=1S/C24H38N4/c1-3-7-11-20(12-8-4-1)15-16-25-23-24-26-17-18-28(24)19-22(27-23)21-13-9-5-2-6-10-14-21/h17-21H,1-16H2,(H,25,27). The largest absolute Gasteiger partial charge is 0.367 e. The van der Waals surface area contributed by atoms with E-state index in [1.165, 1.54) is 102 Å². The van der Waals surface area contributed by atoms with E-state index in [4.69, 9.17) is 4.98 Å². The van der Waals surface area contributed by atoms with Gasteiger partial charge in [0.05, 0.1) is 5.69 Å². The van der Waals surface area contributed by atoms with Gasteiger partial charge < -0.3 is 9.72 Å². The van der Waals surface area contributed by atoms with Crippen molar-refractivity contribution in [1.82, 2.24) is 14.4 Å². The Balaban J connectivity index is 1.42. The molecular formula is C24H38N4. The maximum absolute atomic E-state index is 5.09. The monoisotopic (exact) mass is 382 g/mol. The van der Waals surface area contributed by atoms with E-state index in [1.54, 1.807) is 0 Å². The van der Waals surface area contributed by atoms with E-state index in [0.29, 0.717) is 5.92 Å². The molecule has 0 spiro atoms. The Bertz CT molecular complexity index is 706. The Hall–Kier alpha value is -1.58. The van der Waals surface area contributed by atoms with Crippen LogP contribution in [-0.2, 0) is 0 Å². The molecule has 0 radical (unpaired) electrons. The van der Waals surface area contributed by atoms with Crippen LogP contribution in [0, 0.1) is 5.92 Å². The van der Waals surface area contributed by atoms with Gasteiger partial charge in [-0.2, -0.15) is 0 Å². The Morgan fingerprint density at radius 1 is 0.857 bits per heavy atom. The molecule has 0 bridgehead atoms. The van der Waals surface area contributed by atoms with Crippen LogP contribution >= 0.6 is 0 Å². The minimum absolute atomic E-state index is 0.609. The maximum atomic E-state index is 5.09. The molecule has 2 aliphatic rings. The van der Waals surface area contributed by atoms with E-state index in [1.807, 2.05) is 6.20 Å². The van der Waals surface area contributed by atoms with Gasteiger partial charge in [0.1, 0.15) is 0 Å². The van der Waals surface area contributed by atoms with Gasteiger partial charge in [-0.05, 0) is 25.2 Å². The van der Waals surface area contributed by atoms with Crippen molar-refractivity contribution in [3.8, 4) is 0 Å². The molecule has 2 aromatic heterocycles. The molecule has 1 N–H and O–H groups in total. The van der Waals surface area contributed by atoms with Gasteiger partial charge in [0.15, 0.2) is 11.5 Å². The van der Waals surface area contributed by atoms with E-state index < -0.39 is 0 Å². The molecule has 0 aliphatic heterocycles. The lowest BCUT2D eigenvalue weighted by Crippen LogP contribution is -2.14. The van der Waals surface area contributed by atoms with E-state index in [2.05, 4.69) is 27.1 Å². The minimum Gasteiger partial charge on any atom is -0.367 e. The molecule has 0 atom stereocenters. The minimum atomic E-state index is 0.609. The summed E-state index contributed by atoms with van der Waals surface area (Å²) in [5, 5.41) is 3.67. The lowest BCUT2D eigenvalue weighted by Gasteiger charge is -2.21. The molecule has 4 nitrogen and oxygen atoms in total. The fourth-order valence-electron chi connectivity index (χ4n) is 5.24. The van der Waals surface area contributed by atoms with Crippen molar-refractivity contribution in [1.29, 1.82) is 0 Å². The molecule has 28 heavy (non-hydrogen) atoms. The topological polar surface area (TPSA) is 42.2 Å². The number of aromatic nitrogens is 3. The first-order valence-electron chi connectivity index (χ1n) is 12.0. The molecular weight excluding hydrogens is 344 g/mol. The Morgan fingerprint density at radius 2 is 1.50 bits per heavy atom. The zero-order valence-electron chi connectivity index (χ0n) is 17.5. The number of rotatable bonds is 5. The van der Waals surface area contributed by atoms with E-state index >= 15 is 0 Å². The summed E-state index contributed by atoms with van der Waals surface area (Å²) in [6, 6.07) is 0. The lowest BCUT2D eigenvalue weighted by molar-refractivity contribution is 0.365. The van der Waals surface area contributed by atoms with Gasteiger partial charge in [-0.1, -0.05) is 77.0 Å². The van der Waals surface area contributed by atoms with Crippen molar-refractivity contribution in [3.05, 3.63) is 24.3 Å². The number of nitrogens with zero attached hydrogens (tertiary/aromatic N) is 3.